The van der Waals surface area contributed by atoms with Crippen molar-refractivity contribution in [3.63, 3.8) is 0 Å². The Bertz CT molecular complexity index is 291. The lowest BCUT2D eigenvalue weighted by Gasteiger charge is -2.23. The van der Waals surface area contributed by atoms with E-state index in [4.69, 9.17) is 0 Å². The summed E-state index contributed by atoms with van der Waals surface area (Å²) in [6.07, 6.45) is 9.62. The van der Waals surface area contributed by atoms with Crippen LogP contribution < -0.4 is 5.32 Å². The molecule has 3 heteroatoms. The number of allylic oxidation sites excluding steroid dienone is 3. The summed E-state index contributed by atoms with van der Waals surface area (Å²) >= 11 is 3.67. The summed E-state index contributed by atoms with van der Waals surface area (Å²) in [5.74, 6) is 0. The monoisotopic (exact) mass is 240 g/mol. The van der Waals surface area contributed by atoms with Crippen LogP contribution in [0.2, 0.25) is 0 Å². The smallest absolute Gasteiger partial charge is 0.157 e. The van der Waals surface area contributed by atoms with Crippen LogP contribution in [0.4, 0.5) is 0 Å². The van der Waals surface area contributed by atoms with Gasteiger partial charge in [-0.05, 0) is 47.7 Å². The minimum Gasteiger partial charge on any atom is -0.358 e. The average Bonchev–Trinajstić information content (AvgIpc) is 2.88. The Labute approximate surface area is 86.8 Å². The molecule has 2 aliphatic carbocycles. The summed E-state index contributed by atoms with van der Waals surface area (Å²) in [5, 5.41) is 3.84. The van der Waals surface area contributed by atoms with Crippen LogP contribution in [0.5, 0.6) is 0 Å². The number of nitrogens with one attached hydrogen (secondary N) is 1. The van der Waals surface area contributed by atoms with E-state index in [0.717, 1.165) is 6.04 Å². The molecule has 0 aromatic heterocycles. The summed E-state index contributed by atoms with van der Waals surface area (Å²) in [4.78, 5) is 2.48. The summed E-state index contributed by atoms with van der Waals surface area (Å²) in [6.45, 7) is 0. The van der Waals surface area contributed by atoms with Crippen molar-refractivity contribution >= 4 is 15.9 Å². The van der Waals surface area contributed by atoms with Crippen molar-refractivity contribution in [2.24, 2.45) is 0 Å². The van der Waals surface area contributed by atoms with Crippen molar-refractivity contribution < 1.29 is 0 Å². The van der Waals surface area contributed by atoms with Crippen molar-refractivity contribution in [1.29, 1.82) is 0 Å². The first-order chi connectivity index (χ1) is 6.36. The quantitative estimate of drug-likeness (QED) is 0.559. The molecule has 0 aromatic rings. The second-order valence-electron chi connectivity index (χ2n) is 3.92. The standard InChI is InChI=1S/C10H13BrN2/c11-10-12-8-3-1-2-4-9(8)13(10)7-5-6-7/h2,4,7,10,12H,1,3,5-6H2. The van der Waals surface area contributed by atoms with E-state index in [1.54, 1.807) is 0 Å². The fourth-order valence-electron chi connectivity index (χ4n) is 2.11. The molecule has 1 unspecified atom stereocenters. The van der Waals surface area contributed by atoms with E-state index >= 15 is 0 Å². The van der Waals surface area contributed by atoms with Crippen LogP contribution in [0.15, 0.2) is 23.5 Å². The Morgan fingerprint density at radius 3 is 3.08 bits per heavy atom. The highest BCUT2D eigenvalue weighted by Crippen LogP contribution is 2.39. The van der Waals surface area contributed by atoms with Crippen molar-refractivity contribution in [3.05, 3.63) is 23.5 Å². The first kappa shape index (κ1) is 7.92. The van der Waals surface area contributed by atoms with Gasteiger partial charge in [0.05, 0.1) is 5.70 Å². The molecule has 1 atom stereocenters. The van der Waals surface area contributed by atoms with E-state index in [9.17, 15) is 0 Å². The molecule has 0 bridgehead atoms. The van der Waals surface area contributed by atoms with Crippen LogP contribution >= 0.6 is 15.9 Å². The van der Waals surface area contributed by atoms with E-state index < -0.39 is 0 Å². The molecule has 13 heavy (non-hydrogen) atoms. The van der Waals surface area contributed by atoms with Gasteiger partial charge in [0.1, 0.15) is 0 Å². The number of hydrogen-bond donors (Lipinski definition) is 1. The summed E-state index contributed by atoms with van der Waals surface area (Å²) < 4.78 is 0. The first-order valence-corrected chi connectivity index (χ1v) is 5.86. The maximum Gasteiger partial charge on any atom is 0.157 e. The van der Waals surface area contributed by atoms with Crippen LogP contribution in [-0.2, 0) is 0 Å². The minimum absolute atomic E-state index is 0.341. The van der Waals surface area contributed by atoms with Gasteiger partial charge in [-0.1, -0.05) is 6.08 Å². The zero-order valence-corrected chi connectivity index (χ0v) is 9.05. The molecule has 3 aliphatic rings. The molecule has 3 rings (SSSR count). The van der Waals surface area contributed by atoms with Crippen molar-refractivity contribution in [3.8, 4) is 0 Å². The van der Waals surface area contributed by atoms with Crippen molar-refractivity contribution in [2.75, 3.05) is 0 Å². The molecule has 0 amide bonds. The minimum atomic E-state index is 0.341. The first-order valence-electron chi connectivity index (χ1n) is 4.95. The fraction of sp³-hybridized carbons (Fsp3) is 0.600. The maximum atomic E-state index is 3.67. The number of hydrogen-bond acceptors (Lipinski definition) is 2. The van der Waals surface area contributed by atoms with Gasteiger partial charge in [0.25, 0.3) is 0 Å². The van der Waals surface area contributed by atoms with E-state index in [1.807, 2.05) is 0 Å². The Balaban J connectivity index is 1.92. The Morgan fingerprint density at radius 2 is 2.31 bits per heavy atom. The molecular formula is C10H13BrN2. The summed E-state index contributed by atoms with van der Waals surface area (Å²) in [5.41, 5.74) is 2.85. The molecule has 1 N–H and O–H groups in total. The second-order valence-corrected chi connectivity index (χ2v) is 4.79. The molecular weight excluding hydrogens is 228 g/mol. The number of halogens is 1. The number of rotatable bonds is 1. The highest BCUT2D eigenvalue weighted by Gasteiger charge is 2.39. The van der Waals surface area contributed by atoms with Gasteiger partial charge < -0.3 is 10.2 Å². The predicted octanol–water partition coefficient (Wildman–Crippen LogP) is 2.29. The topological polar surface area (TPSA) is 15.3 Å². The lowest BCUT2D eigenvalue weighted by Crippen LogP contribution is -2.33. The van der Waals surface area contributed by atoms with Crippen LogP contribution in [0.25, 0.3) is 0 Å². The van der Waals surface area contributed by atoms with E-state index in [0.29, 0.717) is 5.08 Å². The summed E-state index contributed by atoms with van der Waals surface area (Å²) in [6, 6.07) is 0.784. The molecule has 1 saturated carbocycles. The van der Waals surface area contributed by atoms with Crippen LogP contribution in [0.1, 0.15) is 25.7 Å². The Kier molecular flexibility index (Phi) is 1.69. The SMILES string of the molecule is BrC1NC2=C(C=CCC2)N1C1CC1. The van der Waals surface area contributed by atoms with Gasteiger partial charge >= 0.3 is 0 Å². The largest absolute Gasteiger partial charge is 0.358 e. The van der Waals surface area contributed by atoms with E-state index in [-0.39, 0.29) is 0 Å². The van der Waals surface area contributed by atoms with Gasteiger partial charge in [0.15, 0.2) is 5.08 Å². The number of alkyl halides is 1. The zero-order valence-electron chi connectivity index (χ0n) is 7.46. The van der Waals surface area contributed by atoms with Crippen LogP contribution in [0, 0.1) is 0 Å². The van der Waals surface area contributed by atoms with Crippen LogP contribution in [0.3, 0.4) is 0 Å². The molecule has 0 spiro atoms. The maximum absolute atomic E-state index is 3.67. The molecule has 70 valence electrons. The highest BCUT2D eigenvalue weighted by atomic mass is 79.9. The molecule has 1 aliphatic heterocycles. The molecule has 1 heterocycles. The highest BCUT2D eigenvalue weighted by molar-refractivity contribution is 9.09. The van der Waals surface area contributed by atoms with E-state index in [2.05, 4.69) is 38.3 Å². The lowest BCUT2D eigenvalue weighted by molar-refractivity contribution is 0.340. The zero-order chi connectivity index (χ0) is 8.84. The van der Waals surface area contributed by atoms with E-state index in [1.165, 1.54) is 37.1 Å². The Morgan fingerprint density at radius 1 is 1.46 bits per heavy atom. The normalized spacial score (nSPS) is 32.1. The van der Waals surface area contributed by atoms with Gasteiger partial charge in [-0.25, -0.2) is 0 Å². The fourth-order valence-corrected chi connectivity index (χ4v) is 2.94. The molecule has 0 radical (unpaired) electrons. The van der Waals surface area contributed by atoms with Gasteiger partial charge in [0.2, 0.25) is 0 Å². The molecule has 2 nitrogen and oxygen atoms in total. The molecule has 1 fully saturated rings. The van der Waals surface area contributed by atoms with Crippen LogP contribution in [-0.4, -0.2) is 16.0 Å². The predicted molar refractivity (Wildman–Crippen MR) is 56.1 cm³/mol. The van der Waals surface area contributed by atoms with Crippen molar-refractivity contribution in [1.82, 2.24) is 10.2 Å². The summed E-state index contributed by atoms with van der Waals surface area (Å²) in [7, 11) is 0. The van der Waals surface area contributed by atoms with Crippen molar-refractivity contribution in [2.45, 2.75) is 36.8 Å². The van der Waals surface area contributed by atoms with Gasteiger partial charge in [-0.15, -0.1) is 0 Å². The second kappa shape index (κ2) is 2.77. The van der Waals surface area contributed by atoms with Gasteiger partial charge in [-0.3, -0.25) is 0 Å². The molecule has 0 saturated heterocycles. The third kappa shape index (κ3) is 1.21. The van der Waals surface area contributed by atoms with Gasteiger partial charge in [0, 0.05) is 11.7 Å². The molecule has 0 aromatic carbocycles. The lowest BCUT2D eigenvalue weighted by atomic mass is 10.1. The number of nitrogens with zero attached hydrogens (tertiary/aromatic N) is 1. The average molecular weight is 241 g/mol. The third-order valence-corrected chi connectivity index (χ3v) is 3.57. The van der Waals surface area contributed by atoms with Gasteiger partial charge in [-0.2, -0.15) is 0 Å². The Hall–Kier alpha value is -0.440. The third-order valence-electron chi connectivity index (χ3n) is 2.90.